The van der Waals surface area contributed by atoms with Gasteiger partial charge in [0.1, 0.15) is 6.10 Å². The van der Waals surface area contributed by atoms with Crippen LogP contribution in [0, 0.1) is 13.8 Å². The Morgan fingerprint density at radius 2 is 1.73 bits per heavy atom. The zero-order valence-corrected chi connectivity index (χ0v) is 9.65. The molecule has 1 aromatic rings. The third-order valence-corrected chi connectivity index (χ3v) is 2.48. The van der Waals surface area contributed by atoms with Gasteiger partial charge in [-0.1, -0.05) is 23.8 Å². The highest BCUT2D eigenvalue weighted by Crippen LogP contribution is 2.23. The predicted octanol–water partition coefficient (Wildman–Crippen LogP) is 1.96. The molecule has 0 spiro atoms. The van der Waals surface area contributed by atoms with Gasteiger partial charge in [0.05, 0.1) is 0 Å². The Labute approximate surface area is 90.6 Å². The summed E-state index contributed by atoms with van der Waals surface area (Å²) in [5.41, 5.74) is 3.00. The highest BCUT2D eigenvalue weighted by atomic mass is 16.7. The van der Waals surface area contributed by atoms with Crippen molar-refractivity contribution < 1.29 is 14.6 Å². The monoisotopic (exact) mass is 210 g/mol. The van der Waals surface area contributed by atoms with Gasteiger partial charge < -0.3 is 14.6 Å². The van der Waals surface area contributed by atoms with E-state index in [2.05, 4.69) is 0 Å². The maximum atomic E-state index is 10.0. The first-order valence-electron chi connectivity index (χ1n) is 4.91. The molecule has 1 N–H and O–H groups in total. The largest absolute Gasteiger partial charge is 0.383 e. The van der Waals surface area contributed by atoms with E-state index in [4.69, 9.17) is 9.47 Å². The van der Waals surface area contributed by atoms with Crippen molar-refractivity contribution in [2.45, 2.75) is 26.2 Å². The van der Waals surface area contributed by atoms with Gasteiger partial charge in [-0.2, -0.15) is 0 Å². The van der Waals surface area contributed by atoms with Crippen LogP contribution in [0.4, 0.5) is 0 Å². The molecule has 15 heavy (non-hydrogen) atoms. The minimum atomic E-state index is -0.750. The van der Waals surface area contributed by atoms with Gasteiger partial charge in [0.2, 0.25) is 0 Å². The summed E-state index contributed by atoms with van der Waals surface area (Å²) in [6.45, 7) is 3.95. The number of aliphatic hydroxyl groups excluding tert-OH is 1. The Kier molecular flexibility index (Phi) is 4.27. The lowest BCUT2D eigenvalue weighted by Crippen LogP contribution is -2.23. The average molecular weight is 210 g/mol. The fraction of sp³-hybridized carbons (Fsp3) is 0.500. The Balaban J connectivity index is 2.98. The minimum Gasteiger partial charge on any atom is -0.383 e. The third-order valence-electron chi connectivity index (χ3n) is 2.48. The molecule has 1 unspecified atom stereocenters. The normalized spacial score (nSPS) is 13.2. The first-order valence-corrected chi connectivity index (χ1v) is 4.91. The summed E-state index contributed by atoms with van der Waals surface area (Å²) in [5.74, 6) is 0. The molecule has 1 aromatic carbocycles. The maximum absolute atomic E-state index is 10.0. The summed E-state index contributed by atoms with van der Waals surface area (Å²) in [5, 5.41) is 10.0. The van der Waals surface area contributed by atoms with Crippen LogP contribution in [0.25, 0.3) is 0 Å². The van der Waals surface area contributed by atoms with E-state index in [9.17, 15) is 5.11 Å². The molecule has 0 amide bonds. The molecule has 0 fully saturated rings. The zero-order chi connectivity index (χ0) is 11.4. The number of rotatable bonds is 4. The van der Waals surface area contributed by atoms with Crippen molar-refractivity contribution in [3.63, 3.8) is 0 Å². The standard InChI is InChI=1S/C12H18O3/c1-8-5-6-9(2)10(7-8)11(13)12(14-3)15-4/h5-7,11-13H,1-4H3. The smallest absolute Gasteiger partial charge is 0.187 e. The van der Waals surface area contributed by atoms with Crippen LogP contribution in [0.5, 0.6) is 0 Å². The Bertz CT molecular complexity index is 319. The van der Waals surface area contributed by atoms with Gasteiger partial charge in [-0.05, 0) is 25.0 Å². The van der Waals surface area contributed by atoms with Gasteiger partial charge in [-0.15, -0.1) is 0 Å². The molecule has 0 saturated heterocycles. The number of hydrogen-bond donors (Lipinski definition) is 1. The van der Waals surface area contributed by atoms with E-state index in [-0.39, 0.29) is 0 Å². The SMILES string of the molecule is COC(OC)C(O)c1cc(C)ccc1C. The molecule has 0 aliphatic rings. The van der Waals surface area contributed by atoms with E-state index >= 15 is 0 Å². The molecule has 3 nitrogen and oxygen atoms in total. The van der Waals surface area contributed by atoms with Crippen molar-refractivity contribution in [2.75, 3.05) is 14.2 Å². The van der Waals surface area contributed by atoms with E-state index in [1.165, 1.54) is 14.2 Å². The maximum Gasteiger partial charge on any atom is 0.187 e. The van der Waals surface area contributed by atoms with Gasteiger partial charge in [-0.25, -0.2) is 0 Å². The molecule has 0 aliphatic heterocycles. The molecule has 3 heteroatoms. The highest BCUT2D eigenvalue weighted by molar-refractivity contribution is 5.32. The van der Waals surface area contributed by atoms with Crippen molar-refractivity contribution in [1.82, 2.24) is 0 Å². The topological polar surface area (TPSA) is 38.7 Å². The van der Waals surface area contributed by atoms with Crippen LogP contribution in [-0.4, -0.2) is 25.6 Å². The Morgan fingerprint density at radius 1 is 1.13 bits per heavy atom. The van der Waals surface area contributed by atoms with E-state index in [0.717, 1.165) is 16.7 Å². The third kappa shape index (κ3) is 2.78. The van der Waals surface area contributed by atoms with Crippen LogP contribution < -0.4 is 0 Å². The highest BCUT2D eigenvalue weighted by Gasteiger charge is 2.21. The Hall–Kier alpha value is -0.900. The van der Waals surface area contributed by atoms with Crippen molar-refractivity contribution in [1.29, 1.82) is 0 Å². The van der Waals surface area contributed by atoms with Gasteiger partial charge in [0, 0.05) is 14.2 Å². The molecule has 1 rings (SSSR count). The first-order chi connectivity index (χ1) is 7.10. The number of aryl methyl sites for hydroxylation is 2. The number of benzene rings is 1. The number of ether oxygens (including phenoxy) is 2. The van der Waals surface area contributed by atoms with Crippen LogP contribution in [-0.2, 0) is 9.47 Å². The number of aliphatic hydroxyl groups is 1. The van der Waals surface area contributed by atoms with Crippen molar-refractivity contribution in [3.8, 4) is 0 Å². The Morgan fingerprint density at radius 3 is 2.27 bits per heavy atom. The molecule has 1 atom stereocenters. The van der Waals surface area contributed by atoms with Crippen molar-refractivity contribution in [2.24, 2.45) is 0 Å². The van der Waals surface area contributed by atoms with E-state index in [1.807, 2.05) is 32.0 Å². The summed E-state index contributed by atoms with van der Waals surface area (Å²) in [7, 11) is 3.03. The minimum absolute atomic E-state index is 0.620. The van der Waals surface area contributed by atoms with Crippen LogP contribution in [0.15, 0.2) is 18.2 Å². The predicted molar refractivity (Wildman–Crippen MR) is 58.7 cm³/mol. The molecule has 84 valence electrons. The molecular formula is C12H18O3. The lowest BCUT2D eigenvalue weighted by atomic mass is 10.0. The van der Waals surface area contributed by atoms with E-state index in [1.54, 1.807) is 0 Å². The summed E-state index contributed by atoms with van der Waals surface area (Å²) in [4.78, 5) is 0. The van der Waals surface area contributed by atoms with Crippen molar-refractivity contribution in [3.05, 3.63) is 34.9 Å². The lowest BCUT2D eigenvalue weighted by Gasteiger charge is -2.22. The van der Waals surface area contributed by atoms with E-state index in [0.29, 0.717) is 0 Å². The zero-order valence-electron chi connectivity index (χ0n) is 9.65. The summed E-state index contributed by atoms with van der Waals surface area (Å²) >= 11 is 0. The summed E-state index contributed by atoms with van der Waals surface area (Å²) in [6.07, 6.45) is -1.37. The fourth-order valence-electron chi connectivity index (χ4n) is 1.58. The molecule has 0 bridgehead atoms. The summed E-state index contributed by atoms with van der Waals surface area (Å²) in [6, 6.07) is 5.95. The fourth-order valence-corrected chi connectivity index (χ4v) is 1.58. The molecule has 0 radical (unpaired) electrons. The molecule has 0 aromatic heterocycles. The summed E-state index contributed by atoms with van der Waals surface area (Å²) < 4.78 is 10.1. The average Bonchev–Trinajstić information content (AvgIpc) is 2.23. The number of methoxy groups -OCH3 is 2. The molecular weight excluding hydrogens is 192 g/mol. The van der Waals surface area contributed by atoms with Gasteiger partial charge in [-0.3, -0.25) is 0 Å². The van der Waals surface area contributed by atoms with E-state index < -0.39 is 12.4 Å². The quantitative estimate of drug-likeness (QED) is 0.772. The van der Waals surface area contributed by atoms with Crippen molar-refractivity contribution >= 4 is 0 Å². The second kappa shape index (κ2) is 5.26. The van der Waals surface area contributed by atoms with Crippen LogP contribution in [0.2, 0.25) is 0 Å². The molecule has 0 heterocycles. The second-order valence-corrected chi connectivity index (χ2v) is 3.64. The number of hydrogen-bond acceptors (Lipinski definition) is 3. The van der Waals surface area contributed by atoms with Gasteiger partial charge in [0.25, 0.3) is 0 Å². The first kappa shape index (κ1) is 12.2. The molecule has 0 saturated carbocycles. The van der Waals surface area contributed by atoms with Crippen LogP contribution in [0.1, 0.15) is 22.8 Å². The second-order valence-electron chi connectivity index (χ2n) is 3.64. The van der Waals surface area contributed by atoms with Gasteiger partial charge in [0.15, 0.2) is 6.29 Å². The van der Waals surface area contributed by atoms with Gasteiger partial charge >= 0.3 is 0 Å². The van der Waals surface area contributed by atoms with Crippen LogP contribution in [0.3, 0.4) is 0 Å². The molecule has 0 aliphatic carbocycles. The van der Waals surface area contributed by atoms with Crippen LogP contribution >= 0.6 is 0 Å². The lowest BCUT2D eigenvalue weighted by molar-refractivity contribution is -0.166.